The minimum atomic E-state index is -4.35. The van der Waals surface area contributed by atoms with Gasteiger partial charge in [0.15, 0.2) is 0 Å². The molecule has 0 heterocycles. The molecule has 0 bridgehead atoms. The molecule has 0 saturated carbocycles. The molecular formula is C47H91N2O6P. The van der Waals surface area contributed by atoms with Crippen molar-refractivity contribution in [2.24, 2.45) is 5.73 Å². The fraction of sp³-hybridized carbons (Fsp3) is 0.851. The first-order chi connectivity index (χ1) is 27.4. The molecule has 0 spiro atoms. The van der Waals surface area contributed by atoms with E-state index in [9.17, 15) is 19.4 Å². The highest BCUT2D eigenvalue weighted by molar-refractivity contribution is 7.47. The molecule has 0 radical (unpaired) electrons. The van der Waals surface area contributed by atoms with Crippen LogP contribution in [0, 0.1) is 0 Å². The average Bonchev–Trinajstić information content (AvgIpc) is 3.19. The highest BCUT2D eigenvalue weighted by atomic mass is 31.2. The van der Waals surface area contributed by atoms with Gasteiger partial charge in [0.05, 0.1) is 25.4 Å². The van der Waals surface area contributed by atoms with Crippen molar-refractivity contribution in [2.45, 2.75) is 238 Å². The van der Waals surface area contributed by atoms with Gasteiger partial charge in [-0.2, -0.15) is 0 Å². The minimum absolute atomic E-state index is 0.0728. The summed E-state index contributed by atoms with van der Waals surface area (Å²) in [4.78, 5) is 22.7. The van der Waals surface area contributed by atoms with Gasteiger partial charge < -0.3 is 21.1 Å². The molecule has 0 aromatic rings. The van der Waals surface area contributed by atoms with Crippen LogP contribution < -0.4 is 11.1 Å². The second-order valence-electron chi connectivity index (χ2n) is 16.0. The maximum Gasteiger partial charge on any atom is 0.472 e. The number of carbonyl (C=O) groups excluding carboxylic acids is 1. The van der Waals surface area contributed by atoms with Gasteiger partial charge in [-0.15, -0.1) is 0 Å². The van der Waals surface area contributed by atoms with Crippen LogP contribution in [0.15, 0.2) is 36.5 Å². The SMILES string of the molecule is CCCCCCCCC/C=C/CC/C=C/CC/C=C/C(O)C(COP(=O)(O)OCCN)NC(=O)CCCCCCCCCCCCCCCCCCCCCC. The number of allylic oxidation sites excluding steroid dienone is 5. The van der Waals surface area contributed by atoms with Crippen molar-refractivity contribution >= 4 is 13.7 Å². The van der Waals surface area contributed by atoms with Gasteiger partial charge in [-0.05, 0) is 44.9 Å². The zero-order valence-corrected chi connectivity index (χ0v) is 37.5. The van der Waals surface area contributed by atoms with E-state index in [0.717, 1.165) is 44.9 Å². The van der Waals surface area contributed by atoms with Crippen LogP contribution >= 0.6 is 7.82 Å². The number of nitrogens with two attached hydrogens (primary N) is 1. The first-order valence-corrected chi connectivity index (χ1v) is 25.1. The highest BCUT2D eigenvalue weighted by Crippen LogP contribution is 2.43. The summed E-state index contributed by atoms with van der Waals surface area (Å²) < 4.78 is 22.1. The first-order valence-electron chi connectivity index (χ1n) is 23.6. The van der Waals surface area contributed by atoms with Crippen molar-refractivity contribution in [3.8, 4) is 0 Å². The number of unbranched alkanes of at least 4 members (excludes halogenated alkanes) is 28. The van der Waals surface area contributed by atoms with Gasteiger partial charge in [-0.3, -0.25) is 13.8 Å². The largest absolute Gasteiger partial charge is 0.472 e. The van der Waals surface area contributed by atoms with Crippen molar-refractivity contribution in [2.75, 3.05) is 19.8 Å². The van der Waals surface area contributed by atoms with Gasteiger partial charge in [0.2, 0.25) is 5.91 Å². The van der Waals surface area contributed by atoms with Crippen LogP contribution in [0.1, 0.15) is 226 Å². The average molecular weight is 811 g/mol. The molecule has 56 heavy (non-hydrogen) atoms. The van der Waals surface area contributed by atoms with Crippen LogP contribution in [0.25, 0.3) is 0 Å². The second kappa shape index (κ2) is 43.3. The van der Waals surface area contributed by atoms with E-state index in [4.69, 9.17) is 14.8 Å². The van der Waals surface area contributed by atoms with Crippen molar-refractivity contribution in [1.82, 2.24) is 5.32 Å². The molecule has 0 aliphatic heterocycles. The third-order valence-corrected chi connectivity index (χ3v) is 11.4. The normalized spacial score (nSPS) is 14.3. The molecule has 0 saturated heterocycles. The molecule has 0 aromatic carbocycles. The Morgan fingerprint density at radius 2 is 0.946 bits per heavy atom. The molecule has 1 amide bonds. The number of aliphatic hydroxyl groups excluding tert-OH is 1. The maximum absolute atomic E-state index is 12.8. The van der Waals surface area contributed by atoms with E-state index in [2.05, 4.69) is 43.5 Å². The molecule has 0 aliphatic rings. The van der Waals surface area contributed by atoms with E-state index in [-0.39, 0.29) is 25.7 Å². The Labute approximate surface area is 346 Å². The Morgan fingerprint density at radius 1 is 0.571 bits per heavy atom. The topological polar surface area (TPSA) is 131 Å². The van der Waals surface area contributed by atoms with Gasteiger partial charge in [0, 0.05) is 13.0 Å². The monoisotopic (exact) mass is 811 g/mol. The summed E-state index contributed by atoms with van der Waals surface area (Å²) in [6.45, 7) is 4.12. The molecule has 0 rings (SSSR count). The third-order valence-electron chi connectivity index (χ3n) is 10.4. The number of amides is 1. The summed E-state index contributed by atoms with van der Waals surface area (Å²) >= 11 is 0. The van der Waals surface area contributed by atoms with E-state index >= 15 is 0 Å². The predicted octanol–water partition coefficient (Wildman–Crippen LogP) is 13.5. The molecule has 9 heteroatoms. The van der Waals surface area contributed by atoms with Crippen molar-refractivity contribution < 1.29 is 28.4 Å². The number of nitrogens with one attached hydrogen (secondary N) is 1. The van der Waals surface area contributed by atoms with E-state index in [1.165, 1.54) is 161 Å². The van der Waals surface area contributed by atoms with E-state index < -0.39 is 20.0 Å². The molecule has 0 aliphatic carbocycles. The van der Waals surface area contributed by atoms with Crippen LogP contribution in [0.5, 0.6) is 0 Å². The molecule has 5 N–H and O–H groups in total. The highest BCUT2D eigenvalue weighted by Gasteiger charge is 2.26. The molecule has 0 aromatic heterocycles. The number of carbonyl (C=O) groups is 1. The van der Waals surface area contributed by atoms with Crippen LogP contribution in [0.2, 0.25) is 0 Å². The Bertz CT molecular complexity index is 974. The van der Waals surface area contributed by atoms with E-state index in [1.807, 2.05) is 6.08 Å². The number of hydrogen-bond acceptors (Lipinski definition) is 6. The Kier molecular flexibility index (Phi) is 42.3. The third kappa shape index (κ3) is 40.9. The Hall–Kier alpha value is -1.28. The van der Waals surface area contributed by atoms with Gasteiger partial charge in [0.25, 0.3) is 0 Å². The zero-order chi connectivity index (χ0) is 41.1. The lowest BCUT2D eigenvalue weighted by Crippen LogP contribution is -2.45. The summed E-state index contributed by atoms with van der Waals surface area (Å²) in [6.07, 6.45) is 52.0. The zero-order valence-electron chi connectivity index (χ0n) is 36.6. The number of rotatable bonds is 44. The lowest BCUT2D eigenvalue weighted by atomic mass is 10.0. The predicted molar refractivity (Wildman–Crippen MR) is 240 cm³/mol. The van der Waals surface area contributed by atoms with Crippen LogP contribution in [0.4, 0.5) is 0 Å². The van der Waals surface area contributed by atoms with Gasteiger partial charge in [-0.25, -0.2) is 4.57 Å². The summed E-state index contributed by atoms with van der Waals surface area (Å²) in [6, 6.07) is -0.880. The fourth-order valence-electron chi connectivity index (χ4n) is 6.87. The van der Waals surface area contributed by atoms with Crippen LogP contribution in [-0.2, 0) is 18.4 Å². The van der Waals surface area contributed by atoms with Gasteiger partial charge in [0.1, 0.15) is 0 Å². The molecule has 8 nitrogen and oxygen atoms in total. The van der Waals surface area contributed by atoms with Crippen LogP contribution in [-0.4, -0.2) is 47.8 Å². The lowest BCUT2D eigenvalue weighted by Gasteiger charge is -2.23. The number of phosphoric ester groups is 1. The lowest BCUT2D eigenvalue weighted by molar-refractivity contribution is -0.123. The minimum Gasteiger partial charge on any atom is -0.387 e. The quantitative estimate of drug-likeness (QED) is 0.0274. The summed E-state index contributed by atoms with van der Waals surface area (Å²) in [5.74, 6) is -0.205. The first kappa shape index (κ1) is 54.7. The second-order valence-corrected chi connectivity index (χ2v) is 17.4. The van der Waals surface area contributed by atoms with Crippen LogP contribution in [0.3, 0.4) is 0 Å². The standard InChI is InChI=1S/C47H91N2O6P/c1-3-5-7-9-11-13-15-17-19-21-22-23-25-27-29-31-33-35-37-39-41-47(51)49-45(44-55-56(52,53)54-43-42-48)46(50)40-38-36-34-32-30-28-26-24-20-18-16-14-12-10-8-6-4-2/h20,24,30,32,38,40,45-46,50H,3-19,21-23,25-29,31,33-37,39,41-44,48H2,1-2H3,(H,49,51)(H,52,53)/b24-20+,32-30+,40-38+. The maximum atomic E-state index is 12.8. The molecule has 0 fully saturated rings. The number of hydrogen-bond donors (Lipinski definition) is 4. The van der Waals surface area contributed by atoms with Crippen molar-refractivity contribution in [1.29, 1.82) is 0 Å². The van der Waals surface area contributed by atoms with Gasteiger partial charge in [-0.1, -0.05) is 211 Å². The fourth-order valence-corrected chi connectivity index (χ4v) is 7.63. The van der Waals surface area contributed by atoms with Gasteiger partial charge >= 0.3 is 7.82 Å². The number of aliphatic hydroxyl groups is 1. The summed E-state index contributed by atoms with van der Waals surface area (Å²) in [5, 5.41) is 13.7. The van der Waals surface area contributed by atoms with Crippen molar-refractivity contribution in [3.63, 3.8) is 0 Å². The van der Waals surface area contributed by atoms with E-state index in [0.29, 0.717) is 6.42 Å². The van der Waals surface area contributed by atoms with Crippen molar-refractivity contribution in [3.05, 3.63) is 36.5 Å². The molecule has 3 atom stereocenters. The Balaban J connectivity index is 4.19. The summed E-state index contributed by atoms with van der Waals surface area (Å²) in [5.41, 5.74) is 5.38. The Morgan fingerprint density at radius 3 is 1.38 bits per heavy atom. The summed E-state index contributed by atoms with van der Waals surface area (Å²) in [7, 11) is -4.35. The number of phosphoric acid groups is 1. The van der Waals surface area contributed by atoms with E-state index in [1.54, 1.807) is 6.08 Å². The molecule has 330 valence electrons. The smallest absolute Gasteiger partial charge is 0.387 e. The molecule has 3 unspecified atom stereocenters. The molecular weight excluding hydrogens is 719 g/mol.